The average Bonchev–Trinajstić information content (AvgIpc) is 2.53. The second kappa shape index (κ2) is 4.61. The van der Waals surface area contributed by atoms with Gasteiger partial charge in [-0.25, -0.2) is 4.39 Å². The lowest BCUT2D eigenvalue weighted by Crippen LogP contribution is -2.05. The fourth-order valence-electron chi connectivity index (χ4n) is 1.77. The molecule has 4 heteroatoms. The average molecular weight is 297 g/mol. The van der Waals surface area contributed by atoms with E-state index < -0.39 is 0 Å². The van der Waals surface area contributed by atoms with Crippen LogP contribution in [0, 0.1) is 26.6 Å². The first kappa shape index (κ1) is 12.3. The van der Waals surface area contributed by atoms with Crippen molar-refractivity contribution in [3.05, 3.63) is 51.0 Å². The molecule has 0 bridgehead atoms. The molecule has 0 amide bonds. The molecule has 1 aromatic heterocycles. The summed E-state index contributed by atoms with van der Waals surface area (Å²) in [5.74, 6) is -0.235. The Morgan fingerprint density at radius 2 is 2.00 bits per heavy atom. The van der Waals surface area contributed by atoms with Gasteiger partial charge in [0.25, 0.3) is 0 Å². The number of aryl methyl sites for hydroxylation is 1. The van der Waals surface area contributed by atoms with Gasteiger partial charge in [-0.1, -0.05) is 12.1 Å². The van der Waals surface area contributed by atoms with Crippen LogP contribution >= 0.6 is 15.9 Å². The summed E-state index contributed by atoms with van der Waals surface area (Å²) in [6, 6.07) is 5.06. The third-order valence-electron chi connectivity index (χ3n) is 3.09. The molecule has 2 rings (SSSR count). The predicted octanol–water partition coefficient (Wildman–Crippen LogP) is 3.76. The van der Waals surface area contributed by atoms with Crippen LogP contribution in [0.25, 0.3) is 0 Å². The van der Waals surface area contributed by atoms with Crippen LogP contribution in [-0.4, -0.2) is 9.78 Å². The number of rotatable bonds is 2. The van der Waals surface area contributed by atoms with Crippen molar-refractivity contribution < 1.29 is 4.39 Å². The van der Waals surface area contributed by atoms with Crippen molar-refractivity contribution in [2.45, 2.75) is 27.3 Å². The van der Waals surface area contributed by atoms with Crippen molar-refractivity contribution in [2.75, 3.05) is 0 Å². The first-order valence-electron chi connectivity index (χ1n) is 5.44. The fourth-order valence-corrected chi connectivity index (χ4v) is 2.16. The number of hydrogen-bond donors (Lipinski definition) is 0. The van der Waals surface area contributed by atoms with Crippen LogP contribution in [0.3, 0.4) is 0 Å². The minimum absolute atomic E-state index is 0.235. The first-order chi connectivity index (χ1) is 8.00. The summed E-state index contributed by atoms with van der Waals surface area (Å²) in [5, 5.41) is 4.45. The van der Waals surface area contributed by atoms with Crippen LogP contribution in [0.2, 0.25) is 0 Å². The normalized spacial score (nSPS) is 10.9. The molecule has 0 spiro atoms. The molecular weight excluding hydrogens is 283 g/mol. The van der Waals surface area contributed by atoms with Crippen molar-refractivity contribution in [1.29, 1.82) is 0 Å². The number of aromatic nitrogens is 2. The zero-order valence-electron chi connectivity index (χ0n) is 10.1. The lowest BCUT2D eigenvalue weighted by Gasteiger charge is -2.07. The Kier molecular flexibility index (Phi) is 3.33. The Balaban J connectivity index is 2.38. The molecule has 0 unspecified atom stereocenters. The van der Waals surface area contributed by atoms with Gasteiger partial charge in [-0.05, 0) is 53.9 Å². The van der Waals surface area contributed by atoms with E-state index in [9.17, 15) is 4.39 Å². The Hall–Kier alpha value is -1.16. The van der Waals surface area contributed by atoms with Crippen LogP contribution in [-0.2, 0) is 6.54 Å². The highest BCUT2D eigenvalue weighted by Crippen LogP contribution is 2.22. The molecule has 17 heavy (non-hydrogen) atoms. The van der Waals surface area contributed by atoms with E-state index in [1.807, 2.05) is 24.6 Å². The van der Waals surface area contributed by atoms with E-state index in [1.54, 1.807) is 6.07 Å². The molecule has 0 saturated carbocycles. The number of benzene rings is 1. The zero-order valence-corrected chi connectivity index (χ0v) is 11.7. The quantitative estimate of drug-likeness (QED) is 0.825. The molecule has 2 aromatic rings. The molecule has 0 saturated heterocycles. The largest absolute Gasteiger partial charge is 0.265 e. The minimum atomic E-state index is -0.235. The van der Waals surface area contributed by atoms with Gasteiger partial charge in [0.15, 0.2) is 0 Å². The SMILES string of the molecule is Cc1nn(Cc2cccc(F)c2Br)c(C)c1C. The van der Waals surface area contributed by atoms with Crippen molar-refractivity contribution in [1.82, 2.24) is 9.78 Å². The van der Waals surface area contributed by atoms with E-state index in [1.165, 1.54) is 11.6 Å². The number of halogens is 2. The maximum absolute atomic E-state index is 13.4. The van der Waals surface area contributed by atoms with Crippen LogP contribution < -0.4 is 0 Å². The minimum Gasteiger partial charge on any atom is -0.265 e. The van der Waals surface area contributed by atoms with E-state index in [4.69, 9.17) is 0 Å². The van der Waals surface area contributed by atoms with Crippen LogP contribution in [0.4, 0.5) is 4.39 Å². The van der Waals surface area contributed by atoms with Crippen molar-refractivity contribution in [3.63, 3.8) is 0 Å². The van der Waals surface area contributed by atoms with Crippen LogP contribution in [0.1, 0.15) is 22.5 Å². The van der Waals surface area contributed by atoms with Gasteiger partial charge in [0.1, 0.15) is 5.82 Å². The molecule has 0 radical (unpaired) electrons. The van der Waals surface area contributed by atoms with E-state index in [0.29, 0.717) is 11.0 Å². The molecular formula is C13H14BrFN2. The van der Waals surface area contributed by atoms with Crippen molar-refractivity contribution in [3.8, 4) is 0 Å². The Morgan fingerprint density at radius 3 is 2.59 bits per heavy atom. The summed E-state index contributed by atoms with van der Waals surface area (Å²) in [5.41, 5.74) is 4.24. The van der Waals surface area contributed by atoms with E-state index in [2.05, 4.69) is 28.0 Å². The third kappa shape index (κ3) is 2.27. The predicted molar refractivity (Wildman–Crippen MR) is 69.6 cm³/mol. The maximum Gasteiger partial charge on any atom is 0.137 e. The lowest BCUT2D eigenvalue weighted by atomic mass is 10.2. The Labute approximate surface area is 109 Å². The third-order valence-corrected chi connectivity index (χ3v) is 3.98. The van der Waals surface area contributed by atoms with Crippen molar-refractivity contribution >= 4 is 15.9 Å². The van der Waals surface area contributed by atoms with Gasteiger partial charge in [-0.2, -0.15) is 5.10 Å². The second-order valence-corrected chi connectivity index (χ2v) is 4.96. The number of hydrogen-bond acceptors (Lipinski definition) is 1. The number of nitrogens with zero attached hydrogens (tertiary/aromatic N) is 2. The smallest absolute Gasteiger partial charge is 0.137 e. The fraction of sp³-hybridized carbons (Fsp3) is 0.308. The molecule has 0 N–H and O–H groups in total. The molecule has 0 aliphatic heterocycles. The molecule has 90 valence electrons. The first-order valence-corrected chi connectivity index (χ1v) is 6.23. The molecule has 2 nitrogen and oxygen atoms in total. The van der Waals surface area contributed by atoms with Crippen LogP contribution in [0.15, 0.2) is 22.7 Å². The highest BCUT2D eigenvalue weighted by atomic mass is 79.9. The highest BCUT2D eigenvalue weighted by molar-refractivity contribution is 9.10. The van der Waals surface area contributed by atoms with Gasteiger partial charge < -0.3 is 0 Å². The monoisotopic (exact) mass is 296 g/mol. The molecule has 1 heterocycles. The van der Waals surface area contributed by atoms with Gasteiger partial charge in [-0.3, -0.25) is 4.68 Å². The summed E-state index contributed by atoms with van der Waals surface area (Å²) in [6.07, 6.45) is 0. The van der Waals surface area contributed by atoms with Gasteiger partial charge >= 0.3 is 0 Å². The van der Waals surface area contributed by atoms with Crippen LogP contribution in [0.5, 0.6) is 0 Å². The highest BCUT2D eigenvalue weighted by Gasteiger charge is 2.10. The topological polar surface area (TPSA) is 17.8 Å². The lowest BCUT2D eigenvalue weighted by molar-refractivity contribution is 0.607. The molecule has 0 atom stereocenters. The summed E-state index contributed by atoms with van der Waals surface area (Å²) < 4.78 is 15.8. The summed E-state index contributed by atoms with van der Waals surface area (Å²) in [7, 11) is 0. The molecule has 0 aliphatic carbocycles. The van der Waals surface area contributed by atoms with Gasteiger partial charge in [0.05, 0.1) is 16.7 Å². The summed E-state index contributed by atoms with van der Waals surface area (Å²) in [6.45, 7) is 6.65. The molecule has 1 aromatic carbocycles. The second-order valence-electron chi connectivity index (χ2n) is 4.17. The van der Waals surface area contributed by atoms with Crippen molar-refractivity contribution in [2.24, 2.45) is 0 Å². The molecule has 0 aliphatic rings. The Morgan fingerprint density at radius 1 is 1.29 bits per heavy atom. The Bertz CT molecular complexity index is 561. The zero-order chi connectivity index (χ0) is 12.6. The van der Waals surface area contributed by atoms with Gasteiger partial charge in [-0.15, -0.1) is 0 Å². The van der Waals surface area contributed by atoms with Gasteiger partial charge in [0.2, 0.25) is 0 Å². The molecule has 0 fully saturated rings. The standard InChI is InChI=1S/C13H14BrFN2/c1-8-9(2)16-17(10(8)3)7-11-5-4-6-12(15)13(11)14/h4-6H,7H2,1-3H3. The summed E-state index contributed by atoms with van der Waals surface area (Å²) in [4.78, 5) is 0. The summed E-state index contributed by atoms with van der Waals surface area (Å²) >= 11 is 3.27. The maximum atomic E-state index is 13.4. The van der Waals surface area contributed by atoms with Gasteiger partial charge in [0, 0.05) is 5.69 Å². The van der Waals surface area contributed by atoms with E-state index >= 15 is 0 Å². The van der Waals surface area contributed by atoms with E-state index in [-0.39, 0.29) is 5.82 Å². The van der Waals surface area contributed by atoms with E-state index in [0.717, 1.165) is 17.0 Å².